The predicted octanol–water partition coefficient (Wildman–Crippen LogP) is 1.80. The van der Waals surface area contributed by atoms with E-state index in [0.29, 0.717) is 13.0 Å². The van der Waals surface area contributed by atoms with Crippen LogP contribution in [0.2, 0.25) is 5.02 Å². The van der Waals surface area contributed by atoms with Gasteiger partial charge < -0.3 is 5.32 Å². The van der Waals surface area contributed by atoms with E-state index in [4.69, 9.17) is 16.9 Å². The molecule has 0 spiro atoms. The molecule has 21 heavy (non-hydrogen) atoms. The van der Waals surface area contributed by atoms with E-state index < -0.39 is 10.0 Å². The molecule has 0 bridgehead atoms. The highest BCUT2D eigenvalue weighted by atomic mass is 35.5. The SMILES string of the molecule is N#Cc1ccc(Cl)cc1S(=O)(=O)NCCC1=CCNCC1. The van der Waals surface area contributed by atoms with Gasteiger partial charge in [-0.25, -0.2) is 13.1 Å². The van der Waals surface area contributed by atoms with Gasteiger partial charge in [-0.15, -0.1) is 0 Å². The Hall–Kier alpha value is -1.39. The molecule has 2 N–H and O–H groups in total. The molecule has 1 aromatic carbocycles. The Morgan fingerprint density at radius 1 is 1.43 bits per heavy atom. The van der Waals surface area contributed by atoms with E-state index in [2.05, 4.69) is 16.1 Å². The molecule has 112 valence electrons. The molecule has 0 radical (unpaired) electrons. The molecular weight excluding hydrogens is 310 g/mol. The highest BCUT2D eigenvalue weighted by Gasteiger charge is 2.19. The van der Waals surface area contributed by atoms with Crippen LogP contribution in [0.4, 0.5) is 0 Å². The van der Waals surface area contributed by atoms with Crippen LogP contribution in [0.1, 0.15) is 18.4 Å². The minimum atomic E-state index is -3.73. The molecule has 0 aromatic heterocycles. The van der Waals surface area contributed by atoms with Gasteiger partial charge in [-0.05, 0) is 37.6 Å². The van der Waals surface area contributed by atoms with Crippen LogP contribution < -0.4 is 10.0 Å². The molecule has 0 aliphatic carbocycles. The highest BCUT2D eigenvalue weighted by molar-refractivity contribution is 7.89. The summed E-state index contributed by atoms with van der Waals surface area (Å²) < 4.78 is 27.0. The smallest absolute Gasteiger partial charge is 0.241 e. The van der Waals surface area contributed by atoms with Crippen LogP contribution in [-0.4, -0.2) is 28.1 Å². The number of nitrogens with zero attached hydrogens (tertiary/aromatic N) is 1. The second-order valence-corrected chi connectivity index (χ2v) is 6.89. The maximum Gasteiger partial charge on any atom is 0.241 e. The fourth-order valence-corrected chi connectivity index (χ4v) is 3.58. The molecule has 1 aliphatic rings. The fraction of sp³-hybridized carbons (Fsp3) is 0.357. The standard InChI is InChI=1S/C14H16ClN3O2S/c15-13-2-1-12(10-16)14(9-13)21(19,20)18-8-5-11-3-6-17-7-4-11/h1-3,9,17-18H,4-8H2. The van der Waals surface area contributed by atoms with Crippen molar-refractivity contribution in [3.05, 3.63) is 40.4 Å². The van der Waals surface area contributed by atoms with E-state index >= 15 is 0 Å². The van der Waals surface area contributed by atoms with Gasteiger partial charge in [0.25, 0.3) is 0 Å². The van der Waals surface area contributed by atoms with Crippen molar-refractivity contribution in [1.29, 1.82) is 5.26 Å². The van der Waals surface area contributed by atoms with Crippen LogP contribution in [0.3, 0.4) is 0 Å². The minimum Gasteiger partial charge on any atom is -0.313 e. The summed E-state index contributed by atoms with van der Waals surface area (Å²) in [6.45, 7) is 2.06. The normalized spacial score (nSPS) is 15.3. The molecule has 5 nitrogen and oxygen atoms in total. The maximum absolute atomic E-state index is 12.3. The molecule has 0 saturated heterocycles. The van der Waals surface area contributed by atoms with Gasteiger partial charge in [-0.1, -0.05) is 23.3 Å². The minimum absolute atomic E-state index is 0.0724. The van der Waals surface area contributed by atoms with E-state index in [1.165, 1.54) is 23.8 Å². The molecular formula is C14H16ClN3O2S. The average Bonchev–Trinajstić information content (AvgIpc) is 2.48. The van der Waals surface area contributed by atoms with Gasteiger partial charge in [0.05, 0.1) is 5.56 Å². The first-order valence-corrected chi connectivity index (χ1v) is 8.47. The molecule has 1 heterocycles. The lowest BCUT2D eigenvalue weighted by molar-refractivity contribution is 0.579. The van der Waals surface area contributed by atoms with Gasteiger partial charge in [-0.3, -0.25) is 0 Å². The van der Waals surface area contributed by atoms with Gasteiger partial charge in [0.1, 0.15) is 11.0 Å². The monoisotopic (exact) mass is 325 g/mol. The van der Waals surface area contributed by atoms with Crippen LogP contribution in [0, 0.1) is 11.3 Å². The molecule has 2 rings (SSSR count). The molecule has 1 aromatic rings. The molecule has 0 saturated carbocycles. The number of hydrogen-bond acceptors (Lipinski definition) is 4. The van der Waals surface area contributed by atoms with E-state index in [9.17, 15) is 8.42 Å². The summed E-state index contributed by atoms with van der Waals surface area (Å²) in [5.41, 5.74) is 1.33. The molecule has 0 amide bonds. The zero-order chi connectivity index (χ0) is 15.3. The quantitative estimate of drug-likeness (QED) is 0.809. The lowest BCUT2D eigenvalue weighted by Gasteiger charge is -2.14. The summed E-state index contributed by atoms with van der Waals surface area (Å²) in [4.78, 5) is -0.0724. The zero-order valence-electron chi connectivity index (χ0n) is 11.4. The van der Waals surface area contributed by atoms with E-state index in [0.717, 1.165) is 19.5 Å². The number of nitrogens with one attached hydrogen (secondary N) is 2. The third kappa shape index (κ3) is 4.29. The first kappa shape index (κ1) is 16.0. The van der Waals surface area contributed by atoms with Gasteiger partial charge >= 0.3 is 0 Å². The van der Waals surface area contributed by atoms with Gasteiger partial charge in [0.2, 0.25) is 10.0 Å². The average molecular weight is 326 g/mol. The first-order valence-electron chi connectivity index (χ1n) is 6.61. The summed E-state index contributed by atoms with van der Waals surface area (Å²) in [5, 5.41) is 12.5. The van der Waals surface area contributed by atoms with Crippen molar-refractivity contribution in [2.45, 2.75) is 17.7 Å². The lowest BCUT2D eigenvalue weighted by Crippen LogP contribution is -2.27. The summed E-state index contributed by atoms with van der Waals surface area (Å²) in [5.74, 6) is 0. The van der Waals surface area contributed by atoms with Crippen molar-refractivity contribution in [1.82, 2.24) is 10.0 Å². The van der Waals surface area contributed by atoms with Crippen molar-refractivity contribution in [2.75, 3.05) is 19.6 Å². The van der Waals surface area contributed by atoms with Gasteiger partial charge in [0.15, 0.2) is 0 Å². The highest BCUT2D eigenvalue weighted by Crippen LogP contribution is 2.20. The van der Waals surface area contributed by atoms with Gasteiger partial charge in [0, 0.05) is 18.1 Å². The summed E-state index contributed by atoms with van der Waals surface area (Å²) >= 11 is 5.82. The Bertz CT molecular complexity index is 693. The number of halogens is 1. The fourth-order valence-electron chi connectivity index (χ4n) is 2.13. The van der Waals surface area contributed by atoms with Crippen LogP contribution >= 0.6 is 11.6 Å². The largest absolute Gasteiger partial charge is 0.313 e. The lowest BCUT2D eigenvalue weighted by atomic mass is 10.1. The van der Waals surface area contributed by atoms with Crippen LogP contribution in [0.25, 0.3) is 0 Å². The summed E-state index contributed by atoms with van der Waals surface area (Å²) in [6.07, 6.45) is 3.68. The third-order valence-corrected chi connectivity index (χ3v) is 4.99. The Kier molecular flexibility index (Phi) is 5.37. The molecule has 0 fully saturated rings. The second-order valence-electron chi connectivity index (χ2n) is 4.72. The Morgan fingerprint density at radius 2 is 2.24 bits per heavy atom. The number of hydrogen-bond donors (Lipinski definition) is 2. The van der Waals surface area contributed by atoms with E-state index in [1.54, 1.807) is 0 Å². The maximum atomic E-state index is 12.3. The number of nitriles is 1. The Labute approximate surface area is 129 Å². The Morgan fingerprint density at radius 3 is 2.90 bits per heavy atom. The van der Waals surface area contributed by atoms with E-state index in [1.807, 2.05) is 6.07 Å². The number of sulfonamides is 1. The van der Waals surface area contributed by atoms with Crippen molar-refractivity contribution >= 4 is 21.6 Å². The van der Waals surface area contributed by atoms with E-state index in [-0.39, 0.29) is 15.5 Å². The van der Waals surface area contributed by atoms with Crippen molar-refractivity contribution in [3.8, 4) is 6.07 Å². The van der Waals surface area contributed by atoms with Crippen LogP contribution in [0.15, 0.2) is 34.7 Å². The number of rotatable bonds is 5. The molecule has 0 unspecified atom stereocenters. The van der Waals surface area contributed by atoms with Crippen molar-refractivity contribution < 1.29 is 8.42 Å². The van der Waals surface area contributed by atoms with Crippen LogP contribution in [-0.2, 0) is 10.0 Å². The van der Waals surface area contributed by atoms with Gasteiger partial charge in [-0.2, -0.15) is 5.26 Å². The number of benzene rings is 1. The molecule has 7 heteroatoms. The van der Waals surface area contributed by atoms with Crippen molar-refractivity contribution in [2.24, 2.45) is 0 Å². The first-order chi connectivity index (χ1) is 10.0. The van der Waals surface area contributed by atoms with Crippen LogP contribution in [0.5, 0.6) is 0 Å². The van der Waals surface area contributed by atoms with Crippen molar-refractivity contribution in [3.63, 3.8) is 0 Å². The molecule has 0 atom stereocenters. The zero-order valence-corrected chi connectivity index (χ0v) is 13.0. The second kappa shape index (κ2) is 7.05. The topological polar surface area (TPSA) is 82.0 Å². The molecule has 1 aliphatic heterocycles. The Balaban J connectivity index is 2.07. The third-order valence-electron chi connectivity index (χ3n) is 3.25. The summed E-state index contributed by atoms with van der Waals surface area (Å²) in [7, 11) is -3.73. The summed E-state index contributed by atoms with van der Waals surface area (Å²) in [6, 6.07) is 6.08. The predicted molar refractivity (Wildman–Crippen MR) is 81.5 cm³/mol.